The topological polar surface area (TPSA) is 84.7 Å². The van der Waals surface area contributed by atoms with Gasteiger partial charge in [-0.2, -0.15) is 4.31 Å². The molecule has 1 aliphatic heterocycles. The molecule has 1 aliphatic rings. The molecule has 0 spiro atoms. The van der Waals surface area contributed by atoms with E-state index in [2.05, 4.69) is 5.43 Å². The number of nitrogens with one attached hydrogen (secondary N) is 1. The molecule has 19 heavy (non-hydrogen) atoms. The number of hydrazine groups is 1. The number of nitrogens with zero attached hydrogens (tertiary/aromatic N) is 1. The summed E-state index contributed by atoms with van der Waals surface area (Å²) in [4.78, 5) is 0.278. The van der Waals surface area contributed by atoms with Crippen LogP contribution in [0.2, 0.25) is 0 Å². The van der Waals surface area contributed by atoms with Crippen molar-refractivity contribution in [3.8, 4) is 0 Å². The highest BCUT2D eigenvalue weighted by Crippen LogP contribution is 2.20. The Labute approximate surface area is 113 Å². The van der Waals surface area contributed by atoms with Crippen LogP contribution in [0, 0.1) is 0 Å². The molecule has 1 unspecified atom stereocenters. The molecule has 0 radical (unpaired) electrons. The van der Waals surface area contributed by atoms with E-state index in [1.54, 1.807) is 24.3 Å². The Morgan fingerprint density at radius 3 is 2.68 bits per heavy atom. The number of anilines is 1. The van der Waals surface area contributed by atoms with Crippen LogP contribution in [0.5, 0.6) is 0 Å². The molecule has 1 heterocycles. The second-order valence-electron chi connectivity index (χ2n) is 4.57. The maximum Gasteiger partial charge on any atom is 0.243 e. The molecule has 1 aromatic carbocycles. The molecule has 2 rings (SSSR count). The van der Waals surface area contributed by atoms with E-state index in [-0.39, 0.29) is 11.0 Å². The van der Waals surface area contributed by atoms with Crippen LogP contribution in [0.4, 0.5) is 5.69 Å². The van der Waals surface area contributed by atoms with Crippen molar-refractivity contribution in [3.05, 3.63) is 24.3 Å². The van der Waals surface area contributed by atoms with Crippen LogP contribution in [0.3, 0.4) is 0 Å². The minimum atomic E-state index is -3.46. The average Bonchev–Trinajstić information content (AvgIpc) is 2.64. The van der Waals surface area contributed by atoms with E-state index in [0.717, 1.165) is 0 Å². The van der Waals surface area contributed by atoms with Crippen molar-refractivity contribution in [2.75, 3.05) is 25.1 Å². The number of rotatable bonds is 3. The third-order valence-electron chi connectivity index (χ3n) is 3.07. The maximum atomic E-state index is 12.5. The van der Waals surface area contributed by atoms with Crippen LogP contribution in [0.15, 0.2) is 29.2 Å². The molecule has 3 N–H and O–H groups in total. The average molecular weight is 285 g/mol. The first kappa shape index (κ1) is 14.3. The van der Waals surface area contributed by atoms with Crippen molar-refractivity contribution in [1.82, 2.24) is 4.31 Å². The van der Waals surface area contributed by atoms with E-state index in [1.165, 1.54) is 4.31 Å². The van der Waals surface area contributed by atoms with E-state index in [4.69, 9.17) is 10.6 Å². The lowest BCUT2D eigenvalue weighted by Gasteiger charge is -2.21. The molecule has 1 saturated heterocycles. The third kappa shape index (κ3) is 3.24. The van der Waals surface area contributed by atoms with Crippen molar-refractivity contribution in [1.29, 1.82) is 0 Å². The Hall–Kier alpha value is -1.15. The largest absolute Gasteiger partial charge is 0.377 e. The van der Waals surface area contributed by atoms with E-state index >= 15 is 0 Å². The van der Waals surface area contributed by atoms with Crippen LogP contribution in [0.25, 0.3) is 0 Å². The number of hydrogen-bond acceptors (Lipinski definition) is 5. The quantitative estimate of drug-likeness (QED) is 0.633. The summed E-state index contributed by atoms with van der Waals surface area (Å²) < 4.78 is 32.0. The summed E-state index contributed by atoms with van der Waals surface area (Å²) in [5.41, 5.74) is 3.15. The number of sulfonamides is 1. The monoisotopic (exact) mass is 285 g/mol. The molecule has 106 valence electrons. The second-order valence-corrected chi connectivity index (χ2v) is 6.50. The van der Waals surface area contributed by atoms with Crippen molar-refractivity contribution in [2.24, 2.45) is 5.84 Å². The maximum absolute atomic E-state index is 12.5. The van der Waals surface area contributed by atoms with Gasteiger partial charge in [0.15, 0.2) is 0 Å². The fourth-order valence-corrected chi connectivity index (χ4v) is 3.60. The van der Waals surface area contributed by atoms with Crippen LogP contribution in [-0.4, -0.2) is 38.5 Å². The zero-order valence-electron chi connectivity index (χ0n) is 10.9. The Kier molecular flexibility index (Phi) is 4.41. The van der Waals surface area contributed by atoms with Gasteiger partial charge >= 0.3 is 0 Å². The summed E-state index contributed by atoms with van der Waals surface area (Å²) in [5, 5.41) is 0. The summed E-state index contributed by atoms with van der Waals surface area (Å²) >= 11 is 0. The highest BCUT2D eigenvalue weighted by molar-refractivity contribution is 7.89. The van der Waals surface area contributed by atoms with Gasteiger partial charge in [-0.25, -0.2) is 8.42 Å². The minimum Gasteiger partial charge on any atom is -0.377 e. The SMILES string of the molecule is CC1CN(S(=O)(=O)c2ccc(NN)cc2)CCCO1. The summed E-state index contributed by atoms with van der Waals surface area (Å²) in [5.74, 6) is 5.26. The van der Waals surface area contributed by atoms with Gasteiger partial charge in [0.25, 0.3) is 0 Å². The van der Waals surface area contributed by atoms with Crippen LogP contribution in [-0.2, 0) is 14.8 Å². The van der Waals surface area contributed by atoms with Crippen molar-refractivity contribution in [3.63, 3.8) is 0 Å². The third-order valence-corrected chi connectivity index (χ3v) is 4.95. The Balaban J connectivity index is 2.24. The molecule has 6 nitrogen and oxygen atoms in total. The number of nitrogens with two attached hydrogens (primary N) is 1. The zero-order chi connectivity index (χ0) is 13.9. The first-order valence-corrected chi connectivity index (χ1v) is 7.66. The predicted octanol–water partition coefficient (Wildman–Crippen LogP) is 0.772. The van der Waals surface area contributed by atoms with E-state index in [1.807, 2.05) is 6.92 Å². The smallest absolute Gasteiger partial charge is 0.243 e. The molecule has 0 amide bonds. The van der Waals surface area contributed by atoms with Gasteiger partial charge in [-0.3, -0.25) is 5.84 Å². The van der Waals surface area contributed by atoms with Crippen molar-refractivity contribution >= 4 is 15.7 Å². The highest BCUT2D eigenvalue weighted by Gasteiger charge is 2.27. The molecule has 1 atom stereocenters. The first-order chi connectivity index (χ1) is 9.04. The number of benzene rings is 1. The van der Waals surface area contributed by atoms with Crippen molar-refractivity contribution in [2.45, 2.75) is 24.3 Å². The lowest BCUT2D eigenvalue weighted by Crippen LogP contribution is -2.35. The van der Waals surface area contributed by atoms with Gasteiger partial charge in [0.2, 0.25) is 10.0 Å². The van der Waals surface area contributed by atoms with E-state index in [0.29, 0.717) is 31.8 Å². The standard InChI is InChI=1S/C12H19N3O3S/c1-10-9-15(7-2-8-18-10)19(16,17)12-5-3-11(14-13)4-6-12/h3-6,10,14H,2,7-9,13H2,1H3. The molecule has 1 fully saturated rings. The van der Waals surface area contributed by atoms with Crippen molar-refractivity contribution < 1.29 is 13.2 Å². The molecule has 0 saturated carbocycles. The van der Waals surface area contributed by atoms with Gasteiger partial charge < -0.3 is 10.2 Å². The molecule has 7 heteroatoms. The Morgan fingerprint density at radius 1 is 1.37 bits per heavy atom. The summed E-state index contributed by atoms with van der Waals surface area (Å²) in [6.07, 6.45) is 0.633. The predicted molar refractivity (Wildman–Crippen MR) is 73.0 cm³/mol. The highest BCUT2D eigenvalue weighted by atomic mass is 32.2. The minimum absolute atomic E-state index is 0.0812. The number of ether oxygens (including phenoxy) is 1. The number of nitrogen functional groups attached to an aromatic ring is 1. The molecule has 0 aromatic heterocycles. The van der Waals surface area contributed by atoms with E-state index in [9.17, 15) is 8.42 Å². The fourth-order valence-electron chi connectivity index (χ4n) is 2.05. The lowest BCUT2D eigenvalue weighted by atomic mass is 10.3. The van der Waals surface area contributed by atoms with Gasteiger partial charge in [-0.1, -0.05) is 0 Å². The summed E-state index contributed by atoms with van der Waals surface area (Å²) in [7, 11) is -3.46. The molecule has 0 bridgehead atoms. The summed E-state index contributed by atoms with van der Waals surface area (Å²) in [6.45, 7) is 3.36. The summed E-state index contributed by atoms with van der Waals surface area (Å²) in [6, 6.07) is 6.40. The molecular weight excluding hydrogens is 266 g/mol. The van der Waals surface area contributed by atoms with Gasteiger partial charge in [0.05, 0.1) is 11.0 Å². The first-order valence-electron chi connectivity index (χ1n) is 6.22. The van der Waals surface area contributed by atoms with Crippen LogP contribution in [0.1, 0.15) is 13.3 Å². The van der Waals surface area contributed by atoms with Gasteiger partial charge in [-0.05, 0) is 37.6 Å². The zero-order valence-corrected chi connectivity index (χ0v) is 11.7. The Morgan fingerprint density at radius 2 is 2.05 bits per heavy atom. The Bertz CT molecular complexity index is 516. The van der Waals surface area contributed by atoms with Crippen LogP contribution < -0.4 is 11.3 Å². The van der Waals surface area contributed by atoms with Crippen LogP contribution >= 0.6 is 0 Å². The van der Waals surface area contributed by atoms with Gasteiger partial charge in [0, 0.05) is 25.4 Å². The normalized spacial score (nSPS) is 21.9. The second kappa shape index (κ2) is 5.87. The fraction of sp³-hybridized carbons (Fsp3) is 0.500. The number of hydrogen-bond donors (Lipinski definition) is 2. The molecular formula is C12H19N3O3S. The van der Waals surface area contributed by atoms with Gasteiger partial charge in [-0.15, -0.1) is 0 Å². The lowest BCUT2D eigenvalue weighted by molar-refractivity contribution is 0.0752. The van der Waals surface area contributed by atoms with Gasteiger partial charge in [0.1, 0.15) is 0 Å². The molecule has 1 aromatic rings. The van der Waals surface area contributed by atoms with E-state index < -0.39 is 10.0 Å². The molecule has 0 aliphatic carbocycles.